The highest BCUT2D eigenvalue weighted by Crippen LogP contribution is 2.37. The number of nitrogens with two attached hydrogens (primary N) is 1. The van der Waals surface area contributed by atoms with Crippen LogP contribution in [0.1, 0.15) is 38.4 Å². The number of aromatic amines is 1. The number of hydrogen-bond acceptors (Lipinski definition) is 4. The highest BCUT2D eigenvalue weighted by Gasteiger charge is 2.37. The number of hydrogen-bond donors (Lipinski definition) is 2. The number of nitrogens with zero attached hydrogens (tertiary/aromatic N) is 4. The van der Waals surface area contributed by atoms with Gasteiger partial charge in [-0.25, -0.2) is 4.98 Å². The number of aromatic nitrogens is 5. The summed E-state index contributed by atoms with van der Waals surface area (Å²) < 4.78 is 2.03. The zero-order chi connectivity index (χ0) is 12.6. The second kappa shape index (κ2) is 4.20. The monoisotopic (exact) mass is 246 g/mol. The van der Waals surface area contributed by atoms with E-state index >= 15 is 0 Å². The number of aryl methyl sites for hydroxylation is 1. The summed E-state index contributed by atoms with van der Waals surface area (Å²) in [6.45, 7) is 3.04. The lowest BCUT2D eigenvalue weighted by atomic mass is 9.77. The summed E-state index contributed by atoms with van der Waals surface area (Å²) in [6, 6.07) is 0. The Hall–Kier alpha value is -1.69. The van der Waals surface area contributed by atoms with E-state index in [0.29, 0.717) is 0 Å². The van der Waals surface area contributed by atoms with Gasteiger partial charge in [-0.05, 0) is 25.7 Å². The van der Waals surface area contributed by atoms with Gasteiger partial charge in [-0.15, -0.1) is 10.2 Å². The van der Waals surface area contributed by atoms with Crippen LogP contribution in [0.5, 0.6) is 0 Å². The molecule has 0 unspecified atom stereocenters. The molecule has 18 heavy (non-hydrogen) atoms. The van der Waals surface area contributed by atoms with Gasteiger partial charge < -0.3 is 15.3 Å². The Balaban J connectivity index is 1.90. The van der Waals surface area contributed by atoms with Gasteiger partial charge in [0.25, 0.3) is 0 Å². The molecule has 6 heteroatoms. The van der Waals surface area contributed by atoms with Crippen LogP contribution >= 0.6 is 0 Å². The fourth-order valence-electron chi connectivity index (χ4n) is 2.35. The van der Waals surface area contributed by atoms with Gasteiger partial charge in [-0.1, -0.05) is 6.92 Å². The quantitative estimate of drug-likeness (QED) is 0.854. The van der Waals surface area contributed by atoms with Gasteiger partial charge in [0.05, 0.1) is 11.7 Å². The van der Waals surface area contributed by atoms with E-state index in [-0.39, 0.29) is 5.54 Å². The smallest absolute Gasteiger partial charge is 0.181 e. The van der Waals surface area contributed by atoms with Crippen molar-refractivity contribution in [2.24, 2.45) is 5.73 Å². The molecule has 0 aliphatic heterocycles. The molecule has 0 radical (unpaired) electrons. The molecule has 1 saturated carbocycles. The Morgan fingerprint density at radius 3 is 3.00 bits per heavy atom. The largest absolute Gasteiger partial charge is 0.338 e. The Kier molecular flexibility index (Phi) is 2.66. The molecule has 6 nitrogen and oxygen atoms in total. The minimum atomic E-state index is -0.256. The van der Waals surface area contributed by atoms with Crippen LogP contribution in [0.25, 0.3) is 11.5 Å². The number of rotatable bonds is 4. The predicted molar refractivity (Wildman–Crippen MR) is 67.6 cm³/mol. The van der Waals surface area contributed by atoms with Crippen molar-refractivity contribution in [3.8, 4) is 11.5 Å². The molecule has 0 aromatic carbocycles. The zero-order valence-corrected chi connectivity index (χ0v) is 10.6. The van der Waals surface area contributed by atoms with Crippen LogP contribution in [-0.4, -0.2) is 24.7 Å². The van der Waals surface area contributed by atoms with E-state index < -0.39 is 0 Å². The van der Waals surface area contributed by atoms with Crippen molar-refractivity contribution in [2.75, 3.05) is 0 Å². The molecule has 3 N–H and O–H groups in total. The normalized spacial score (nSPS) is 17.7. The summed E-state index contributed by atoms with van der Waals surface area (Å²) in [7, 11) is 0. The Bertz CT molecular complexity index is 536. The van der Waals surface area contributed by atoms with Gasteiger partial charge in [0.2, 0.25) is 0 Å². The minimum absolute atomic E-state index is 0.256. The minimum Gasteiger partial charge on any atom is -0.338 e. The first-order valence-electron chi connectivity index (χ1n) is 6.45. The van der Waals surface area contributed by atoms with E-state index in [1.54, 1.807) is 12.5 Å². The Morgan fingerprint density at radius 1 is 1.50 bits per heavy atom. The summed E-state index contributed by atoms with van der Waals surface area (Å²) in [6.07, 6.45) is 7.79. The maximum Gasteiger partial charge on any atom is 0.181 e. The highest BCUT2D eigenvalue weighted by molar-refractivity contribution is 5.48. The molecular formula is C12H18N6. The lowest BCUT2D eigenvalue weighted by Crippen LogP contribution is -2.44. The van der Waals surface area contributed by atoms with Crippen molar-refractivity contribution in [2.45, 2.75) is 44.7 Å². The molecule has 3 rings (SSSR count). The first kappa shape index (κ1) is 11.4. The molecule has 0 saturated heterocycles. The molecule has 96 valence electrons. The molecule has 0 bridgehead atoms. The van der Waals surface area contributed by atoms with Gasteiger partial charge in [-0.3, -0.25) is 0 Å². The molecule has 1 aliphatic rings. The van der Waals surface area contributed by atoms with Crippen molar-refractivity contribution in [3.63, 3.8) is 0 Å². The van der Waals surface area contributed by atoms with Crippen molar-refractivity contribution in [1.29, 1.82) is 0 Å². The maximum absolute atomic E-state index is 6.25. The molecule has 0 atom stereocenters. The van der Waals surface area contributed by atoms with Gasteiger partial charge in [0, 0.05) is 6.54 Å². The van der Waals surface area contributed by atoms with Gasteiger partial charge in [-0.2, -0.15) is 0 Å². The molecule has 1 fully saturated rings. The Morgan fingerprint density at radius 2 is 2.33 bits per heavy atom. The topological polar surface area (TPSA) is 85.4 Å². The van der Waals surface area contributed by atoms with Crippen molar-refractivity contribution in [3.05, 3.63) is 18.3 Å². The van der Waals surface area contributed by atoms with E-state index in [1.807, 2.05) is 4.57 Å². The van der Waals surface area contributed by atoms with Crippen LogP contribution < -0.4 is 5.73 Å². The van der Waals surface area contributed by atoms with Crippen molar-refractivity contribution < 1.29 is 0 Å². The van der Waals surface area contributed by atoms with Crippen LogP contribution in [0, 0.1) is 0 Å². The standard InChI is InChI=1S/C12H18N6/c1-2-6-18-8-15-17-10(18)9-7-14-11(16-9)12(13)4-3-5-12/h7-8H,2-6,13H2,1H3,(H,14,16). The summed E-state index contributed by atoms with van der Waals surface area (Å²) in [5, 5.41) is 8.10. The van der Waals surface area contributed by atoms with E-state index in [9.17, 15) is 0 Å². The lowest BCUT2D eigenvalue weighted by molar-refractivity contribution is 0.240. The Labute approximate surface area is 106 Å². The molecule has 2 aromatic heterocycles. The van der Waals surface area contributed by atoms with Crippen LogP contribution in [0.3, 0.4) is 0 Å². The second-order valence-electron chi connectivity index (χ2n) is 5.00. The molecule has 0 amide bonds. The van der Waals surface area contributed by atoms with Crippen molar-refractivity contribution >= 4 is 0 Å². The van der Waals surface area contributed by atoms with E-state index in [0.717, 1.165) is 43.1 Å². The summed E-state index contributed by atoms with van der Waals surface area (Å²) in [5.74, 6) is 1.70. The third-order valence-electron chi connectivity index (χ3n) is 3.61. The summed E-state index contributed by atoms with van der Waals surface area (Å²) >= 11 is 0. The zero-order valence-electron chi connectivity index (χ0n) is 10.6. The number of nitrogens with one attached hydrogen (secondary N) is 1. The van der Waals surface area contributed by atoms with Gasteiger partial charge >= 0.3 is 0 Å². The summed E-state index contributed by atoms with van der Waals surface area (Å²) in [4.78, 5) is 7.70. The number of H-pyrrole nitrogens is 1. The first-order chi connectivity index (χ1) is 8.73. The molecule has 0 spiro atoms. The van der Waals surface area contributed by atoms with Crippen LogP contribution in [0.2, 0.25) is 0 Å². The van der Waals surface area contributed by atoms with Gasteiger partial charge in [0.15, 0.2) is 5.82 Å². The fraction of sp³-hybridized carbons (Fsp3) is 0.583. The van der Waals surface area contributed by atoms with Crippen molar-refractivity contribution in [1.82, 2.24) is 24.7 Å². The number of imidazole rings is 1. The molecular weight excluding hydrogens is 228 g/mol. The maximum atomic E-state index is 6.25. The third-order valence-corrected chi connectivity index (χ3v) is 3.61. The molecule has 2 aromatic rings. The predicted octanol–water partition coefficient (Wildman–Crippen LogP) is 1.42. The summed E-state index contributed by atoms with van der Waals surface area (Å²) in [5.41, 5.74) is 6.89. The SMILES string of the molecule is CCCn1cnnc1-c1cnc(C2(N)CCC2)[nH]1. The fourth-order valence-corrected chi connectivity index (χ4v) is 2.35. The lowest BCUT2D eigenvalue weighted by Gasteiger charge is -2.35. The highest BCUT2D eigenvalue weighted by atomic mass is 15.3. The van der Waals surface area contributed by atoms with E-state index in [1.165, 1.54) is 6.42 Å². The van der Waals surface area contributed by atoms with Crippen LogP contribution in [0.4, 0.5) is 0 Å². The van der Waals surface area contributed by atoms with Gasteiger partial charge in [0.1, 0.15) is 17.8 Å². The van der Waals surface area contributed by atoms with Crippen LogP contribution in [0.15, 0.2) is 12.5 Å². The molecule has 1 aliphatic carbocycles. The van der Waals surface area contributed by atoms with Crippen LogP contribution in [-0.2, 0) is 12.1 Å². The van der Waals surface area contributed by atoms with E-state index in [4.69, 9.17) is 5.73 Å². The second-order valence-corrected chi connectivity index (χ2v) is 5.00. The first-order valence-corrected chi connectivity index (χ1v) is 6.45. The molecule has 2 heterocycles. The van der Waals surface area contributed by atoms with E-state index in [2.05, 4.69) is 27.1 Å². The third kappa shape index (κ3) is 1.73. The average Bonchev–Trinajstić information content (AvgIpc) is 2.94. The average molecular weight is 246 g/mol.